The van der Waals surface area contributed by atoms with Gasteiger partial charge in [-0.15, -0.1) is 11.3 Å². The van der Waals surface area contributed by atoms with E-state index in [1.165, 1.54) is 23.2 Å². The Balaban J connectivity index is 1.89. The van der Waals surface area contributed by atoms with Gasteiger partial charge in [-0.25, -0.2) is 9.97 Å². The van der Waals surface area contributed by atoms with Crippen molar-refractivity contribution in [3.05, 3.63) is 16.8 Å². The first-order chi connectivity index (χ1) is 10.2. The molecule has 3 heterocycles. The molecule has 114 valence electrons. The molecule has 1 aliphatic heterocycles. The summed E-state index contributed by atoms with van der Waals surface area (Å²) in [4.78, 5) is 17.0. The van der Waals surface area contributed by atoms with Crippen LogP contribution in [0.4, 0.5) is 5.82 Å². The summed E-state index contributed by atoms with van der Waals surface area (Å²) in [6.45, 7) is 12.2. The van der Waals surface area contributed by atoms with Crippen LogP contribution in [-0.4, -0.2) is 47.6 Å². The number of fused-ring (bicyclic) bond motifs is 1. The average molecular weight is 304 g/mol. The lowest BCUT2D eigenvalue weighted by atomic mass is 10.2. The van der Waals surface area contributed by atoms with Gasteiger partial charge in [0, 0.05) is 37.5 Å². The first-order valence-electron chi connectivity index (χ1n) is 7.95. The Morgan fingerprint density at radius 2 is 1.90 bits per heavy atom. The third-order valence-corrected chi connectivity index (χ3v) is 5.01. The van der Waals surface area contributed by atoms with Gasteiger partial charge in [-0.2, -0.15) is 0 Å². The molecule has 5 heteroatoms. The van der Waals surface area contributed by atoms with Crippen LogP contribution in [0.5, 0.6) is 0 Å². The molecule has 1 aliphatic rings. The second-order valence-electron chi connectivity index (χ2n) is 5.72. The van der Waals surface area contributed by atoms with Gasteiger partial charge in [0.2, 0.25) is 0 Å². The molecule has 2 aromatic heterocycles. The molecule has 0 aromatic carbocycles. The Morgan fingerprint density at radius 3 is 2.57 bits per heavy atom. The highest BCUT2D eigenvalue weighted by Gasteiger charge is 2.21. The molecule has 0 N–H and O–H groups in total. The summed E-state index contributed by atoms with van der Waals surface area (Å²) in [6, 6.07) is 2.24. The monoisotopic (exact) mass is 304 g/mol. The Hall–Kier alpha value is -1.20. The van der Waals surface area contributed by atoms with Gasteiger partial charge in [0.1, 0.15) is 16.5 Å². The maximum Gasteiger partial charge on any atom is 0.141 e. The number of piperazine rings is 1. The van der Waals surface area contributed by atoms with E-state index in [0.29, 0.717) is 0 Å². The largest absolute Gasteiger partial charge is 0.353 e. The van der Waals surface area contributed by atoms with E-state index in [9.17, 15) is 0 Å². The van der Waals surface area contributed by atoms with Crippen LogP contribution in [0, 0.1) is 6.92 Å². The smallest absolute Gasteiger partial charge is 0.141 e. The highest BCUT2D eigenvalue weighted by molar-refractivity contribution is 7.18. The first kappa shape index (κ1) is 14.7. The number of anilines is 1. The number of aryl methyl sites for hydroxylation is 2. The number of aromatic nitrogens is 2. The van der Waals surface area contributed by atoms with Crippen molar-refractivity contribution < 1.29 is 0 Å². The topological polar surface area (TPSA) is 32.3 Å². The van der Waals surface area contributed by atoms with Crippen molar-refractivity contribution in [3.8, 4) is 0 Å². The minimum absolute atomic E-state index is 0.898. The fourth-order valence-corrected chi connectivity index (χ4v) is 3.86. The molecule has 0 amide bonds. The molecule has 2 aromatic rings. The van der Waals surface area contributed by atoms with Crippen LogP contribution < -0.4 is 4.90 Å². The Kier molecular flexibility index (Phi) is 4.40. The Labute approximate surface area is 130 Å². The molecule has 1 fully saturated rings. The third kappa shape index (κ3) is 3.04. The van der Waals surface area contributed by atoms with Gasteiger partial charge in [-0.05, 0) is 26.0 Å². The van der Waals surface area contributed by atoms with E-state index in [-0.39, 0.29) is 0 Å². The summed E-state index contributed by atoms with van der Waals surface area (Å²) in [6.07, 6.45) is 2.14. The van der Waals surface area contributed by atoms with Crippen molar-refractivity contribution in [2.45, 2.75) is 33.6 Å². The van der Waals surface area contributed by atoms with Gasteiger partial charge in [0.25, 0.3) is 0 Å². The summed E-state index contributed by atoms with van der Waals surface area (Å²) in [5.41, 5.74) is 0. The van der Waals surface area contributed by atoms with Gasteiger partial charge in [0.05, 0.1) is 5.39 Å². The summed E-state index contributed by atoms with van der Waals surface area (Å²) < 4.78 is 0. The molecule has 21 heavy (non-hydrogen) atoms. The van der Waals surface area contributed by atoms with Crippen LogP contribution in [-0.2, 0) is 6.42 Å². The molecule has 0 aliphatic carbocycles. The van der Waals surface area contributed by atoms with E-state index < -0.39 is 0 Å². The Morgan fingerprint density at radius 1 is 1.14 bits per heavy atom. The van der Waals surface area contributed by atoms with Crippen LogP contribution in [0.3, 0.4) is 0 Å². The van der Waals surface area contributed by atoms with E-state index in [0.717, 1.165) is 49.1 Å². The SMILES string of the molecule is CCCN1CCN(c2nc(CC)nc3sc(C)cc23)CC1. The second-order valence-corrected chi connectivity index (χ2v) is 6.96. The minimum atomic E-state index is 0.898. The highest BCUT2D eigenvalue weighted by atomic mass is 32.1. The number of nitrogens with zero attached hydrogens (tertiary/aromatic N) is 4. The van der Waals surface area contributed by atoms with E-state index in [1.54, 1.807) is 11.3 Å². The van der Waals surface area contributed by atoms with Crippen LogP contribution >= 0.6 is 11.3 Å². The fourth-order valence-electron chi connectivity index (χ4n) is 2.97. The molecule has 1 saturated heterocycles. The van der Waals surface area contributed by atoms with Crippen LogP contribution in [0.25, 0.3) is 10.2 Å². The third-order valence-electron chi connectivity index (χ3n) is 4.07. The van der Waals surface area contributed by atoms with E-state index in [2.05, 4.69) is 41.6 Å². The van der Waals surface area contributed by atoms with Crippen molar-refractivity contribution in [2.75, 3.05) is 37.6 Å². The number of rotatable bonds is 4. The highest BCUT2D eigenvalue weighted by Crippen LogP contribution is 2.31. The van der Waals surface area contributed by atoms with Gasteiger partial charge in [-0.1, -0.05) is 13.8 Å². The number of hydrogen-bond donors (Lipinski definition) is 0. The van der Waals surface area contributed by atoms with Crippen molar-refractivity contribution in [3.63, 3.8) is 0 Å². The average Bonchev–Trinajstić information content (AvgIpc) is 2.87. The molecule has 0 bridgehead atoms. The van der Waals surface area contributed by atoms with Gasteiger partial charge in [-0.3, -0.25) is 4.90 Å². The molecular weight excluding hydrogens is 280 g/mol. The van der Waals surface area contributed by atoms with Crippen LogP contribution in [0.15, 0.2) is 6.07 Å². The second kappa shape index (κ2) is 6.28. The quantitative estimate of drug-likeness (QED) is 0.869. The standard InChI is InChI=1S/C16H24N4S/c1-4-6-19-7-9-20(10-8-19)15-13-11-12(3)21-16(13)18-14(5-2)17-15/h11H,4-10H2,1-3H3. The predicted molar refractivity (Wildman–Crippen MR) is 90.5 cm³/mol. The molecular formula is C16H24N4S. The number of hydrogen-bond acceptors (Lipinski definition) is 5. The number of thiophene rings is 1. The zero-order valence-corrected chi connectivity index (χ0v) is 14.0. The summed E-state index contributed by atoms with van der Waals surface area (Å²) >= 11 is 1.78. The summed E-state index contributed by atoms with van der Waals surface area (Å²) in [5.74, 6) is 2.12. The normalized spacial score (nSPS) is 16.8. The van der Waals surface area contributed by atoms with Crippen LogP contribution in [0.1, 0.15) is 31.0 Å². The first-order valence-corrected chi connectivity index (χ1v) is 8.77. The zero-order chi connectivity index (χ0) is 14.8. The predicted octanol–water partition coefficient (Wildman–Crippen LogP) is 3.09. The Bertz CT molecular complexity index is 614. The molecule has 0 radical (unpaired) electrons. The van der Waals surface area contributed by atoms with Crippen molar-refractivity contribution in [1.82, 2.24) is 14.9 Å². The summed E-state index contributed by atoms with van der Waals surface area (Å²) in [5, 5.41) is 1.23. The van der Waals surface area contributed by atoms with E-state index in [4.69, 9.17) is 4.98 Å². The van der Waals surface area contributed by atoms with Crippen molar-refractivity contribution in [2.24, 2.45) is 0 Å². The van der Waals surface area contributed by atoms with Crippen LogP contribution in [0.2, 0.25) is 0 Å². The minimum Gasteiger partial charge on any atom is -0.353 e. The fraction of sp³-hybridized carbons (Fsp3) is 0.625. The maximum absolute atomic E-state index is 4.83. The lowest BCUT2D eigenvalue weighted by Crippen LogP contribution is -2.47. The zero-order valence-electron chi connectivity index (χ0n) is 13.2. The van der Waals surface area contributed by atoms with Gasteiger partial charge < -0.3 is 4.90 Å². The van der Waals surface area contributed by atoms with Gasteiger partial charge >= 0.3 is 0 Å². The summed E-state index contributed by atoms with van der Waals surface area (Å²) in [7, 11) is 0. The lowest BCUT2D eigenvalue weighted by Gasteiger charge is -2.35. The molecule has 0 spiro atoms. The molecule has 0 atom stereocenters. The van der Waals surface area contributed by atoms with Gasteiger partial charge in [0.15, 0.2) is 0 Å². The molecule has 4 nitrogen and oxygen atoms in total. The van der Waals surface area contributed by atoms with Crippen molar-refractivity contribution >= 4 is 27.4 Å². The lowest BCUT2D eigenvalue weighted by molar-refractivity contribution is 0.258. The van der Waals surface area contributed by atoms with E-state index in [1.807, 2.05) is 0 Å². The molecule has 0 saturated carbocycles. The van der Waals surface area contributed by atoms with Crippen molar-refractivity contribution in [1.29, 1.82) is 0 Å². The maximum atomic E-state index is 4.83. The molecule has 3 rings (SSSR count). The molecule has 0 unspecified atom stereocenters. The van der Waals surface area contributed by atoms with E-state index >= 15 is 0 Å².